The van der Waals surface area contributed by atoms with E-state index >= 15 is 0 Å². The second-order valence-corrected chi connectivity index (χ2v) is 6.43. The first kappa shape index (κ1) is 20.5. The van der Waals surface area contributed by atoms with Crippen molar-refractivity contribution in [3.05, 3.63) is 23.8 Å². The molecule has 0 unspecified atom stereocenters. The highest BCUT2D eigenvalue weighted by Gasteiger charge is 2.28. The predicted molar refractivity (Wildman–Crippen MR) is 99.8 cm³/mol. The summed E-state index contributed by atoms with van der Waals surface area (Å²) in [5, 5.41) is 2.77. The first-order valence-corrected chi connectivity index (χ1v) is 8.62. The number of fused-ring (bicyclic) bond motifs is 1. The molecule has 1 aromatic carbocycles. The summed E-state index contributed by atoms with van der Waals surface area (Å²) in [6, 6.07) is 4.96. The van der Waals surface area contributed by atoms with Crippen molar-refractivity contribution in [2.45, 2.75) is 12.5 Å². The Labute approximate surface area is 158 Å². The lowest BCUT2D eigenvalue weighted by Gasteiger charge is -2.36. The van der Waals surface area contributed by atoms with Gasteiger partial charge in [-0.25, -0.2) is 0 Å². The highest BCUT2D eigenvalue weighted by atomic mass is 16.5. The maximum atomic E-state index is 12.3. The molecule has 9 nitrogen and oxygen atoms in total. The van der Waals surface area contributed by atoms with Crippen LogP contribution in [0.1, 0.15) is 16.8 Å². The Hall–Kier alpha value is -2.81. The molecule has 0 spiro atoms. The molecule has 1 atom stereocenters. The van der Waals surface area contributed by atoms with Gasteiger partial charge < -0.3 is 30.3 Å². The predicted octanol–water partition coefficient (Wildman–Crippen LogP) is -0.406. The fourth-order valence-electron chi connectivity index (χ4n) is 2.79. The van der Waals surface area contributed by atoms with Crippen LogP contribution in [0.15, 0.2) is 18.2 Å². The van der Waals surface area contributed by atoms with Gasteiger partial charge in [-0.2, -0.15) is 0 Å². The number of hydrogen-bond donors (Lipinski definition) is 2. The summed E-state index contributed by atoms with van der Waals surface area (Å²) < 4.78 is 10.7. The van der Waals surface area contributed by atoms with Crippen LogP contribution in [-0.2, 0) is 14.3 Å². The number of primary amides is 1. The Morgan fingerprint density at radius 3 is 2.81 bits per heavy atom. The number of amides is 3. The van der Waals surface area contributed by atoms with Crippen molar-refractivity contribution in [3.8, 4) is 5.75 Å². The van der Waals surface area contributed by atoms with Crippen molar-refractivity contribution in [2.75, 3.05) is 52.4 Å². The summed E-state index contributed by atoms with van der Waals surface area (Å²) in [7, 11) is 4.95. The van der Waals surface area contributed by atoms with Crippen LogP contribution in [-0.4, -0.2) is 76.2 Å². The van der Waals surface area contributed by atoms with Crippen molar-refractivity contribution >= 4 is 23.4 Å². The van der Waals surface area contributed by atoms with Gasteiger partial charge in [-0.05, 0) is 18.2 Å². The van der Waals surface area contributed by atoms with Gasteiger partial charge in [0.25, 0.3) is 5.91 Å². The van der Waals surface area contributed by atoms with Crippen molar-refractivity contribution < 1.29 is 23.9 Å². The summed E-state index contributed by atoms with van der Waals surface area (Å²) in [6.07, 6.45) is 0.171. The number of likely N-dealkylation sites (N-methyl/N-ethyl adjacent to an activating group) is 2. The van der Waals surface area contributed by atoms with Gasteiger partial charge in [-0.3, -0.25) is 14.4 Å². The van der Waals surface area contributed by atoms with E-state index < -0.39 is 5.91 Å². The largest absolute Gasteiger partial charge is 0.489 e. The van der Waals surface area contributed by atoms with Crippen molar-refractivity contribution in [1.82, 2.24) is 10.2 Å². The number of hydrogen-bond acceptors (Lipinski definition) is 6. The van der Waals surface area contributed by atoms with Crippen molar-refractivity contribution in [3.63, 3.8) is 0 Å². The summed E-state index contributed by atoms with van der Waals surface area (Å²) in [6.45, 7) is 1.06. The first-order valence-electron chi connectivity index (χ1n) is 8.62. The zero-order chi connectivity index (χ0) is 20.0. The molecule has 1 aromatic rings. The molecule has 27 heavy (non-hydrogen) atoms. The summed E-state index contributed by atoms with van der Waals surface area (Å²) >= 11 is 0. The van der Waals surface area contributed by atoms with Gasteiger partial charge >= 0.3 is 0 Å². The highest BCUT2D eigenvalue weighted by molar-refractivity contribution is 5.95. The fraction of sp³-hybridized carbons (Fsp3) is 0.500. The molecule has 9 heteroatoms. The molecular weight excluding hydrogens is 352 g/mol. The minimum absolute atomic E-state index is 0.126. The Kier molecular flexibility index (Phi) is 7.00. The quantitative estimate of drug-likeness (QED) is 0.595. The molecule has 3 N–H and O–H groups in total. The maximum Gasteiger partial charge on any atom is 0.251 e. The van der Waals surface area contributed by atoms with Gasteiger partial charge in [-0.1, -0.05) is 0 Å². The number of methoxy groups -OCH3 is 1. The van der Waals surface area contributed by atoms with Crippen LogP contribution in [0, 0.1) is 0 Å². The molecule has 0 bridgehead atoms. The molecule has 0 aliphatic carbocycles. The standard InChI is InChI=1S/C18H26N4O5/c1-21(10-16(19)23)17(24)9-13-11-27-15-5-4-12(8-14(15)22(13)2)18(25)20-6-7-26-3/h4-5,8,13H,6-7,9-11H2,1-3H3,(H2,19,23)(H,20,25)/t13-/m0/s1. The van der Waals surface area contributed by atoms with Crippen molar-refractivity contribution in [1.29, 1.82) is 0 Å². The topological polar surface area (TPSA) is 114 Å². The third-order valence-corrected chi connectivity index (χ3v) is 4.40. The van der Waals surface area contributed by atoms with Gasteiger partial charge in [0.1, 0.15) is 12.4 Å². The average molecular weight is 378 g/mol. The first-order chi connectivity index (χ1) is 12.8. The Morgan fingerprint density at radius 1 is 1.41 bits per heavy atom. The molecule has 0 saturated carbocycles. The number of ether oxygens (including phenoxy) is 2. The zero-order valence-corrected chi connectivity index (χ0v) is 15.9. The molecule has 148 valence electrons. The molecule has 1 aliphatic rings. The molecule has 0 fully saturated rings. The minimum atomic E-state index is -0.562. The van der Waals surface area contributed by atoms with E-state index in [-0.39, 0.29) is 30.8 Å². The highest BCUT2D eigenvalue weighted by Crippen LogP contribution is 2.34. The van der Waals surface area contributed by atoms with Gasteiger partial charge in [0.2, 0.25) is 11.8 Å². The molecule has 0 aromatic heterocycles. The molecule has 0 radical (unpaired) electrons. The van der Waals surface area contributed by atoms with Crippen LogP contribution in [0.3, 0.4) is 0 Å². The molecule has 2 rings (SSSR count). The molecular formula is C18H26N4O5. The number of rotatable bonds is 8. The molecule has 3 amide bonds. The third-order valence-electron chi connectivity index (χ3n) is 4.40. The second kappa shape index (κ2) is 9.22. The zero-order valence-electron chi connectivity index (χ0n) is 15.9. The van der Waals surface area contributed by atoms with E-state index in [4.69, 9.17) is 15.2 Å². The van der Waals surface area contributed by atoms with Gasteiger partial charge in [-0.15, -0.1) is 0 Å². The number of carbonyl (C=O) groups is 3. The monoisotopic (exact) mass is 378 g/mol. The lowest BCUT2D eigenvalue weighted by molar-refractivity contribution is -0.134. The van der Waals surface area contributed by atoms with E-state index in [1.165, 1.54) is 11.9 Å². The van der Waals surface area contributed by atoms with E-state index in [0.29, 0.717) is 31.1 Å². The van der Waals surface area contributed by atoms with Gasteiger partial charge in [0.15, 0.2) is 0 Å². The summed E-state index contributed by atoms with van der Waals surface area (Å²) in [5.74, 6) is -0.317. The second-order valence-electron chi connectivity index (χ2n) is 6.43. The summed E-state index contributed by atoms with van der Waals surface area (Å²) in [4.78, 5) is 38.7. The van der Waals surface area contributed by atoms with E-state index in [2.05, 4.69) is 5.32 Å². The van der Waals surface area contributed by atoms with Gasteiger partial charge in [0, 0.05) is 33.3 Å². The van der Waals surface area contributed by atoms with Crippen LogP contribution >= 0.6 is 0 Å². The molecule has 1 aliphatic heterocycles. The Balaban J connectivity index is 2.07. The van der Waals surface area contributed by atoms with E-state index in [9.17, 15) is 14.4 Å². The van der Waals surface area contributed by atoms with Crippen LogP contribution in [0.5, 0.6) is 5.75 Å². The van der Waals surface area contributed by atoms with E-state index in [1.807, 2.05) is 11.9 Å². The van der Waals surface area contributed by atoms with Crippen LogP contribution < -0.4 is 20.7 Å². The SMILES string of the molecule is COCCNC(=O)c1ccc2c(c1)N(C)[C@@H](CC(=O)N(C)CC(N)=O)CO2. The molecule has 0 saturated heterocycles. The smallest absolute Gasteiger partial charge is 0.251 e. The number of nitrogens with zero attached hydrogens (tertiary/aromatic N) is 2. The van der Waals surface area contributed by atoms with Crippen LogP contribution in [0.2, 0.25) is 0 Å². The van der Waals surface area contributed by atoms with E-state index in [0.717, 1.165) is 5.69 Å². The summed E-state index contributed by atoms with van der Waals surface area (Å²) in [5.41, 5.74) is 6.36. The number of carbonyl (C=O) groups excluding carboxylic acids is 3. The van der Waals surface area contributed by atoms with Crippen LogP contribution in [0.25, 0.3) is 0 Å². The van der Waals surface area contributed by atoms with Crippen molar-refractivity contribution in [2.24, 2.45) is 5.73 Å². The number of nitrogens with one attached hydrogen (secondary N) is 1. The van der Waals surface area contributed by atoms with E-state index in [1.54, 1.807) is 25.3 Å². The maximum absolute atomic E-state index is 12.3. The molecule has 1 heterocycles. The Morgan fingerprint density at radius 2 is 2.15 bits per heavy atom. The van der Waals surface area contributed by atoms with Crippen LogP contribution in [0.4, 0.5) is 5.69 Å². The number of anilines is 1. The minimum Gasteiger partial charge on any atom is -0.489 e. The lowest BCUT2D eigenvalue weighted by atomic mass is 10.1. The lowest BCUT2D eigenvalue weighted by Crippen LogP contribution is -2.45. The fourth-order valence-corrected chi connectivity index (χ4v) is 2.79. The third kappa shape index (κ3) is 5.33. The number of nitrogens with two attached hydrogens (primary N) is 1. The average Bonchev–Trinajstić information content (AvgIpc) is 2.63. The Bertz CT molecular complexity index is 709. The number of benzene rings is 1. The van der Waals surface area contributed by atoms with Gasteiger partial charge in [0.05, 0.1) is 31.3 Å². The normalized spacial score (nSPS) is 15.5.